The quantitative estimate of drug-likeness (QED) is 0.526. The van der Waals surface area contributed by atoms with Crippen LogP contribution in [0.15, 0.2) is 18.5 Å². The third kappa shape index (κ3) is 3.35. The highest BCUT2D eigenvalue weighted by Gasteiger charge is 2.09. The van der Waals surface area contributed by atoms with Gasteiger partial charge in [-0.2, -0.15) is 0 Å². The Morgan fingerprint density at radius 2 is 2.38 bits per heavy atom. The summed E-state index contributed by atoms with van der Waals surface area (Å²) in [5, 5.41) is 10.1. The molecule has 0 aliphatic carbocycles. The van der Waals surface area contributed by atoms with E-state index in [0.717, 1.165) is 0 Å². The van der Waals surface area contributed by atoms with E-state index in [1.165, 1.54) is 12.4 Å². The number of nitrogens with one attached hydrogen (secondary N) is 1. The van der Waals surface area contributed by atoms with Gasteiger partial charge in [-0.3, -0.25) is 15.2 Å². The summed E-state index contributed by atoms with van der Waals surface area (Å²) in [5.41, 5.74) is 3.54. The van der Waals surface area contributed by atoms with Crippen molar-refractivity contribution in [3.63, 3.8) is 0 Å². The van der Waals surface area contributed by atoms with E-state index in [0.29, 0.717) is 11.1 Å². The molecule has 5 heteroatoms. The van der Waals surface area contributed by atoms with Gasteiger partial charge in [0.15, 0.2) is 0 Å². The maximum atomic E-state index is 11.7. The molecule has 0 atom stereocenters. The van der Waals surface area contributed by atoms with Gasteiger partial charge in [-0.05, 0) is 6.07 Å². The second-order valence-electron chi connectivity index (χ2n) is 3.22. The molecule has 0 spiro atoms. The summed E-state index contributed by atoms with van der Waals surface area (Å²) in [7, 11) is 3.44. The highest BCUT2D eigenvalue weighted by Crippen LogP contribution is 2.05. The van der Waals surface area contributed by atoms with Gasteiger partial charge in [-0.25, -0.2) is 5.01 Å². The minimum absolute atomic E-state index is 0.246. The molecule has 84 valence electrons. The number of pyridine rings is 1. The maximum Gasteiger partial charge on any atom is 0.266 e. The van der Waals surface area contributed by atoms with Gasteiger partial charge in [0.05, 0.1) is 11.1 Å². The van der Waals surface area contributed by atoms with E-state index in [4.69, 9.17) is 5.11 Å². The molecule has 0 radical (unpaired) electrons. The van der Waals surface area contributed by atoms with E-state index in [1.807, 2.05) is 0 Å². The molecule has 0 fully saturated rings. The van der Waals surface area contributed by atoms with Crippen molar-refractivity contribution < 1.29 is 9.90 Å². The minimum Gasteiger partial charge on any atom is -0.384 e. The van der Waals surface area contributed by atoms with Crippen LogP contribution in [0.25, 0.3) is 0 Å². The summed E-state index contributed by atoms with van der Waals surface area (Å²) in [6.45, 7) is -0.246. The number of aliphatic hydroxyl groups excluding tert-OH is 1. The third-order valence-electron chi connectivity index (χ3n) is 1.69. The first kappa shape index (κ1) is 12.2. The van der Waals surface area contributed by atoms with E-state index in [-0.39, 0.29) is 12.5 Å². The molecule has 0 saturated carbocycles. The molecule has 16 heavy (non-hydrogen) atoms. The van der Waals surface area contributed by atoms with Crippen LogP contribution in [0, 0.1) is 11.8 Å². The number of carbonyl (C=O) groups is 1. The van der Waals surface area contributed by atoms with Crippen molar-refractivity contribution in [3.8, 4) is 11.8 Å². The molecule has 0 aliphatic rings. The molecule has 1 heterocycles. The lowest BCUT2D eigenvalue weighted by molar-refractivity contribution is 0.0856. The summed E-state index contributed by atoms with van der Waals surface area (Å²) in [6, 6.07) is 1.58. The minimum atomic E-state index is -0.255. The Kier molecular flexibility index (Phi) is 4.45. The molecule has 2 N–H and O–H groups in total. The molecule has 0 unspecified atom stereocenters. The summed E-state index contributed by atoms with van der Waals surface area (Å²) in [6.07, 6.45) is 3.02. The van der Waals surface area contributed by atoms with E-state index in [1.54, 1.807) is 25.2 Å². The van der Waals surface area contributed by atoms with Crippen molar-refractivity contribution in [1.82, 2.24) is 15.4 Å². The van der Waals surface area contributed by atoms with Gasteiger partial charge in [0.1, 0.15) is 6.61 Å². The summed E-state index contributed by atoms with van der Waals surface area (Å²) in [4.78, 5) is 15.6. The standard InChI is InChI=1S/C11H13N3O2/c1-14(2)13-11(16)10-5-6-12-8-9(10)4-3-7-15/h5-6,8,15H,7H2,1-2H3,(H,13,16). The van der Waals surface area contributed by atoms with Gasteiger partial charge in [0, 0.05) is 26.5 Å². The van der Waals surface area contributed by atoms with Crippen LogP contribution < -0.4 is 5.43 Å². The van der Waals surface area contributed by atoms with Crippen LogP contribution >= 0.6 is 0 Å². The Hall–Kier alpha value is -1.90. The van der Waals surface area contributed by atoms with Crippen LogP contribution in [0.4, 0.5) is 0 Å². The van der Waals surface area contributed by atoms with Crippen molar-refractivity contribution in [1.29, 1.82) is 0 Å². The number of hydrogen-bond acceptors (Lipinski definition) is 4. The number of hydrazine groups is 1. The Morgan fingerprint density at radius 3 is 3.00 bits per heavy atom. The molecule has 0 bridgehead atoms. The first-order valence-electron chi connectivity index (χ1n) is 4.67. The Labute approximate surface area is 94.1 Å². The zero-order valence-corrected chi connectivity index (χ0v) is 9.19. The zero-order valence-electron chi connectivity index (χ0n) is 9.19. The van der Waals surface area contributed by atoms with Gasteiger partial charge in [0.25, 0.3) is 5.91 Å². The number of nitrogens with zero attached hydrogens (tertiary/aromatic N) is 2. The number of amides is 1. The lowest BCUT2D eigenvalue weighted by Crippen LogP contribution is -2.36. The average Bonchev–Trinajstić information content (AvgIpc) is 2.25. The van der Waals surface area contributed by atoms with Crippen LogP contribution in [-0.4, -0.2) is 41.7 Å². The van der Waals surface area contributed by atoms with E-state index in [2.05, 4.69) is 22.3 Å². The van der Waals surface area contributed by atoms with Gasteiger partial charge >= 0.3 is 0 Å². The molecule has 1 amide bonds. The average molecular weight is 219 g/mol. The Morgan fingerprint density at radius 1 is 1.62 bits per heavy atom. The first-order valence-corrected chi connectivity index (χ1v) is 4.67. The van der Waals surface area contributed by atoms with Crippen molar-refractivity contribution in [3.05, 3.63) is 29.6 Å². The molecule has 1 aromatic heterocycles. The largest absolute Gasteiger partial charge is 0.384 e. The van der Waals surface area contributed by atoms with Gasteiger partial charge in [-0.1, -0.05) is 11.8 Å². The maximum absolute atomic E-state index is 11.7. The van der Waals surface area contributed by atoms with E-state index >= 15 is 0 Å². The van der Waals surface area contributed by atoms with E-state index in [9.17, 15) is 4.79 Å². The van der Waals surface area contributed by atoms with Gasteiger partial charge < -0.3 is 5.11 Å². The van der Waals surface area contributed by atoms with Crippen molar-refractivity contribution >= 4 is 5.91 Å². The van der Waals surface area contributed by atoms with Crippen LogP contribution in [0.1, 0.15) is 15.9 Å². The fourth-order valence-electron chi connectivity index (χ4n) is 1.09. The Bertz CT molecular complexity index is 432. The molecule has 0 aromatic carbocycles. The van der Waals surface area contributed by atoms with E-state index < -0.39 is 0 Å². The molecular weight excluding hydrogens is 206 g/mol. The number of rotatable bonds is 2. The molecule has 5 nitrogen and oxygen atoms in total. The highest BCUT2D eigenvalue weighted by atomic mass is 16.2. The van der Waals surface area contributed by atoms with Crippen molar-refractivity contribution in [2.75, 3.05) is 20.7 Å². The number of aromatic nitrogens is 1. The summed E-state index contributed by atoms with van der Waals surface area (Å²) < 4.78 is 0. The fraction of sp³-hybridized carbons (Fsp3) is 0.273. The van der Waals surface area contributed by atoms with Crippen molar-refractivity contribution in [2.24, 2.45) is 0 Å². The molecule has 1 aromatic rings. The van der Waals surface area contributed by atoms with Crippen LogP contribution in [-0.2, 0) is 0 Å². The van der Waals surface area contributed by atoms with Crippen LogP contribution in [0.2, 0.25) is 0 Å². The van der Waals surface area contributed by atoms with Gasteiger partial charge in [-0.15, -0.1) is 0 Å². The SMILES string of the molecule is CN(C)NC(=O)c1ccncc1C#CCO. The smallest absolute Gasteiger partial charge is 0.266 e. The molecule has 0 saturated heterocycles. The van der Waals surface area contributed by atoms with Gasteiger partial charge in [0.2, 0.25) is 0 Å². The van der Waals surface area contributed by atoms with Crippen LogP contribution in [0.3, 0.4) is 0 Å². The lowest BCUT2D eigenvalue weighted by atomic mass is 10.1. The predicted octanol–water partition coefficient (Wildman–Crippen LogP) is -0.368. The molecular formula is C11H13N3O2. The highest BCUT2D eigenvalue weighted by molar-refractivity contribution is 5.96. The molecule has 0 aliphatic heterocycles. The summed E-state index contributed by atoms with van der Waals surface area (Å²) >= 11 is 0. The monoisotopic (exact) mass is 219 g/mol. The van der Waals surface area contributed by atoms with Crippen LogP contribution in [0.5, 0.6) is 0 Å². The Balaban J connectivity index is 2.98. The second-order valence-corrected chi connectivity index (χ2v) is 3.22. The number of hydrogen-bond donors (Lipinski definition) is 2. The predicted molar refractivity (Wildman–Crippen MR) is 59.4 cm³/mol. The second kappa shape index (κ2) is 5.85. The fourth-order valence-corrected chi connectivity index (χ4v) is 1.09. The van der Waals surface area contributed by atoms with Crippen molar-refractivity contribution in [2.45, 2.75) is 0 Å². The summed E-state index contributed by atoms with van der Waals surface area (Å²) in [5.74, 6) is 4.91. The topological polar surface area (TPSA) is 65.5 Å². The lowest BCUT2D eigenvalue weighted by Gasteiger charge is -2.12. The number of carbonyl (C=O) groups excluding carboxylic acids is 1. The normalized spacial score (nSPS) is 9.50. The third-order valence-corrected chi connectivity index (χ3v) is 1.69. The number of aliphatic hydroxyl groups is 1. The zero-order chi connectivity index (χ0) is 12.0. The molecule has 1 rings (SSSR count). The first-order chi connectivity index (χ1) is 7.65.